The lowest BCUT2D eigenvalue weighted by Gasteiger charge is -2.22. The first-order valence-electron chi connectivity index (χ1n) is 7.12. The summed E-state index contributed by atoms with van der Waals surface area (Å²) in [6.45, 7) is 6.60. The van der Waals surface area contributed by atoms with Crippen LogP contribution in [0.1, 0.15) is 31.4 Å². The van der Waals surface area contributed by atoms with Gasteiger partial charge < -0.3 is 10.6 Å². The maximum absolute atomic E-state index is 12.3. The average molecular weight is 260 g/mol. The number of nitrogens with zero attached hydrogens (tertiary/aromatic N) is 1. The molecule has 0 spiro atoms. The minimum atomic E-state index is 0.113. The van der Waals surface area contributed by atoms with Gasteiger partial charge in [0.15, 0.2) is 0 Å². The van der Waals surface area contributed by atoms with Gasteiger partial charge in [-0.2, -0.15) is 0 Å². The second-order valence-corrected chi connectivity index (χ2v) is 5.93. The first kappa shape index (κ1) is 14.1. The molecule has 1 aliphatic rings. The van der Waals surface area contributed by atoms with Crippen molar-refractivity contribution in [3.8, 4) is 0 Å². The maximum Gasteiger partial charge on any atom is 0.227 e. The Bertz CT molecular complexity index is 441. The number of hydrogen-bond acceptors (Lipinski definition) is 2. The summed E-state index contributed by atoms with van der Waals surface area (Å²) in [5, 5.41) is 0. The Morgan fingerprint density at radius 2 is 1.95 bits per heavy atom. The Balaban J connectivity index is 1.94. The molecular weight excluding hydrogens is 236 g/mol. The lowest BCUT2D eigenvalue weighted by atomic mass is 9.90. The molecule has 1 amide bonds. The molecule has 1 saturated heterocycles. The second-order valence-electron chi connectivity index (χ2n) is 5.93. The van der Waals surface area contributed by atoms with Gasteiger partial charge in [-0.15, -0.1) is 0 Å². The van der Waals surface area contributed by atoms with E-state index in [1.807, 2.05) is 4.90 Å². The number of amides is 1. The first-order valence-corrected chi connectivity index (χ1v) is 7.12. The van der Waals surface area contributed by atoms with E-state index in [9.17, 15) is 4.79 Å². The number of aryl methyl sites for hydroxylation is 1. The summed E-state index contributed by atoms with van der Waals surface area (Å²) >= 11 is 0. The zero-order valence-electron chi connectivity index (χ0n) is 12.0. The Kier molecular flexibility index (Phi) is 4.25. The molecule has 1 atom stereocenters. The predicted octanol–water partition coefficient (Wildman–Crippen LogP) is 1.99. The van der Waals surface area contributed by atoms with E-state index in [1.54, 1.807) is 0 Å². The van der Waals surface area contributed by atoms with Crippen molar-refractivity contribution in [2.75, 3.05) is 19.6 Å². The van der Waals surface area contributed by atoms with Crippen LogP contribution in [0.4, 0.5) is 0 Å². The van der Waals surface area contributed by atoms with Crippen molar-refractivity contribution in [1.82, 2.24) is 4.90 Å². The highest BCUT2D eigenvalue weighted by atomic mass is 16.2. The summed E-state index contributed by atoms with van der Waals surface area (Å²) in [5.41, 5.74) is 8.30. The molecule has 1 heterocycles. The molecule has 3 nitrogen and oxygen atoms in total. The van der Waals surface area contributed by atoms with Crippen molar-refractivity contribution >= 4 is 5.91 Å². The van der Waals surface area contributed by atoms with Gasteiger partial charge in [0.05, 0.1) is 6.42 Å². The van der Waals surface area contributed by atoms with E-state index in [4.69, 9.17) is 5.73 Å². The molecule has 0 saturated carbocycles. The van der Waals surface area contributed by atoms with Gasteiger partial charge in [-0.05, 0) is 35.9 Å². The van der Waals surface area contributed by atoms with Gasteiger partial charge in [-0.25, -0.2) is 0 Å². The molecule has 0 aliphatic carbocycles. The third kappa shape index (κ3) is 3.35. The highest BCUT2D eigenvalue weighted by Crippen LogP contribution is 2.28. The Morgan fingerprint density at radius 1 is 1.32 bits per heavy atom. The maximum atomic E-state index is 12.3. The number of likely N-dealkylation sites (tertiary alicyclic amines) is 1. The average Bonchev–Trinajstić information content (AvgIpc) is 2.83. The van der Waals surface area contributed by atoms with Crippen LogP contribution >= 0.6 is 0 Å². The van der Waals surface area contributed by atoms with E-state index in [1.165, 1.54) is 5.56 Å². The highest BCUT2D eigenvalue weighted by molar-refractivity contribution is 5.79. The molecule has 0 aromatic heterocycles. The van der Waals surface area contributed by atoms with Crippen molar-refractivity contribution in [3.63, 3.8) is 0 Å². The third-order valence-corrected chi connectivity index (χ3v) is 4.19. The topological polar surface area (TPSA) is 46.3 Å². The van der Waals surface area contributed by atoms with Crippen LogP contribution in [0.5, 0.6) is 0 Å². The zero-order chi connectivity index (χ0) is 13.9. The summed E-state index contributed by atoms with van der Waals surface area (Å²) in [5.74, 6) is 0.224. The van der Waals surface area contributed by atoms with E-state index >= 15 is 0 Å². The van der Waals surface area contributed by atoms with Crippen molar-refractivity contribution in [3.05, 3.63) is 35.4 Å². The highest BCUT2D eigenvalue weighted by Gasteiger charge is 2.34. The van der Waals surface area contributed by atoms with Gasteiger partial charge in [0.2, 0.25) is 5.91 Å². The summed E-state index contributed by atoms with van der Waals surface area (Å²) in [6.07, 6.45) is 2.56. The Labute approximate surface area is 115 Å². The quantitative estimate of drug-likeness (QED) is 0.900. The van der Waals surface area contributed by atoms with Gasteiger partial charge >= 0.3 is 0 Å². The van der Waals surface area contributed by atoms with Gasteiger partial charge in [-0.1, -0.05) is 38.1 Å². The number of rotatable bonds is 4. The minimum absolute atomic E-state index is 0.113. The first-order chi connectivity index (χ1) is 9.06. The second kappa shape index (κ2) is 5.74. The van der Waals surface area contributed by atoms with Crippen molar-refractivity contribution in [2.24, 2.45) is 11.1 Å². The molecule has 1 aromatic rings. The van der Waals surface area contributed by atoms with E-state index in [0.29, 0.717) is 13.0 Å². The molecular formula is C16H24N2O. The van der Waals surface area contributed by atoms with Gasteiger partial charge in [-0.3, -0.25) is 4.79 Å². The van der Waals surface area contributed by atoms with Crippen LogP contribution < -0.4 is 5.73 Å². The standard InChI is InChI=1S/C16H24N2O/c1-3-13-4-6-14(7-5-13)10-15(19)18-9-8-16(2,11-17)12-18/h4-7H,3,8-12,17H2,1-2H3. The zero-order valence-corrected chi connectivity index (χ0v) is 12.0. The number of carbonyl (C=O) groups excluding carboxylic acids is 1. The minimum Gasteiger partial charge on any atom is -0.342 e. The van der Waals surface area contributed by atoms with Crippen LogP contribution in [0.3, 0.4) is 0 Å². The normalized spacial score (nSPS) is 22.8. The van der Waals surface area contributed by atoms with Crippen molar-refractivity contribution in [1.29, 1.82) is 0 Å². The molecule has 104 valence electrons. The fourth-order valence-corrected chi connectivity index (χ4v) is 2.58. The summed E-state index contributed by atoms with van der Waals surface area (Å²) in [4.78, 5) is 14.2. The number of hydrogen-bond donors (Lipinski definition) is 1. The summed E-state index contributed by atoms with van der Waals surface area (Å²) < 4.78 is 0. The Morgan fingerprint density at radius 3 is 2.47 bits per heavy atom. The molecule has 19 heavy (non-hydrogen) atoms. The van der Waals surface area contributed by atoms with Crippen LogP contribution in [0.2, 0.25) is 0 Å². The largest absolute Gasteiger partial charge is 0.342 e. The smallest absolute Gasteiger partial charge is 0.227 e. The van der Waals surface area contributed by atoms with Crippen LogP contribution in [-0.2, 0) is 17.6 Å². The molecule has 1 unspecified atom stereocenters. The molecule has 2 rings (SSSR count). The lowest BCUT2D eigenvalue weighted by Crippen LogP contribution is -2.35. The number of carbonyl (C=O) groups is 1. The fraction of sp³-hybridized carbons (Fsp3) is 0.562. The van der Waals surface area contributed by atoms with Crippen LogP contribution in [0.15, 0.2) is 24.3 Å². The van der Waals surface area contributed by atoms with E-state index in [2.05, 4.69) is 38.1 Å². The fourth-order valence-electron chi connectivity index (χ4n) is 2.58. The SMILES string of the molecule is CCc1ccc(CC(=O)N2CCC(C)(CN)C2)cc1. The summed E-state index contributed by atoms with van der Waals surface area (Å²) in [6, 6.07) is 8.34. The number of benzene rings is 1. The van der Waals surface area contributed by atoms with Crippen LogP contribution in [0, 0.1) is 5.41 Å². The van der Waals surface area contributed by atoms with Crippen LogP contribution in [-0.4, -0.2) is 30.4 Å². The molecule has 1 fully saturated rings. The van der Waals surface area contributed by atoms with E-state index < -0.39 is 0 Å². The molecule has 1 aromatic carbocycles. The molecule has 0 bridgehead atoms. The van der Waals surface area contributed by atoms with E-state index in [0.717, 1.165) is 31.5 Å². The van der Waals surface area contributed by atoms with Gasteiger partial charge in [0, 0.05) is 13.1 Å². The van der Waals surface area contributed by atoms with E-state index in [-0.39, 0.29) is 11.3 Å². The molecule has 2 N–H and O–H groups in total. The van der Waals surface area contributed by atoms with Gasteiger partial charge in [0.1, 0.15) is 0 Å². The van der Waals surface area contributed by atoms with Crippen molar-refractivity contribution in [2.45, 2.75) is 33.1 Å². The van der Waals surface area contributed by atoms with Gasteiger partial charge in [0.25, 0.3) is 0 Å². The monoisotopic (exact) mass is 260 g/mol. The lowest BCUT2D eigenvalue weighted by molar-refractivity contribution is -0.129. The number of nitrogens with two attached hydrogens (primary N) is 1. The van der Waals surface area contributed by atoms with Crippen molar-refractivity contribution < 1.29 is 4.79 Å². The Hall–Kier alpha value is -1.35. The third-order valence-electron chi connectivity index (χ3n) is 4.19. The molecule has 0 radical (unpaired) electrons. The van der Waals surface area contributed by atoms with Crippen LogP contribution in [0.25, 0.3) is 0 Å². The summed E-state index contributed by atoms with van der Waals surface area (Å²) in [7, 11) is 0. The molecule has 3 heteroatoms. The predicted molar refractivity (Wildman–Crippen MR) is 77.9 cm³/mol. The molecule has 1 aliphatic heterocycles.